The van der Waals surface area contributed by atoms with Gasteiger partial charge in [0.05, 0.1) is 5.69 Å². The topological polar surface area (TPSA) is 29.9 Å². The lowest BCUT2D eigenvalue weighted by Crippen LogP contribution is -2.06. The number of nitrogens with one attached hydrogen (secondary N) is 1. The number of benzene rings is 1. The van der Waals surface area contributed by atoms with Crippen molar-refractivity contribution >= 4 is 11.6 Å². The van der Waals surface area contributed by atoms with Gasteiger partial charge in [0, 0.05) is 17.9 Å². The monoisotopic (exact) mass is 243 g/mol. The Morgan fingerprint density at radius 3 is 2.56 bits per heavy atom. The molecule has 0 atom stereocenters. The number of imidazole rings is 1. The maximum atomic E-state index is 4.55. The van der Waals surface area contributed by atoms with Crippen LogP contribution in [0.2, 0.25) is 0 Å². The Morgan fingerprint density at radius 2 is 1.89 bits per heavy atom. The lowest BCUT2D eigenvalue weighted by molar-refractivity contribution is 0.607. The van der Waals surface area contributed by atoms with Crippen molar-refractivity contribution in [3.8, 4) is 0 Å². The van der Waals surface area contributed by atoms with Crippen molar-refractivity contribution in [2.24, 2.45) is 0 Å². The third kappa shape index (κ3) is 2.55. The number of aryl methyl sites for hydroxylation is 3. The maximum absolute atomic E-state index is 4.55. The molecule has 1 aromatic heterocycles. The van der Waals surface area contributed by atoms with E-state index in [-0.39, 0.29) is 0 Å². The van der Waals surface area contributed by atoms with E-state index in [9.17, 15) is 0 Å². The number of rotatable bonds is 3. The molecule has 0 saturated carbocycles. The summed E-state index contributed by atoms with van der Waals surface area (Å²) in [6.07, 6.45) is 2.08. The molecule has 0 amide bonds. The number of anilines is 2. The summed E-state index contributed by atoms with van der Waals surface area (Å²) in [4.78, 5) is 4.55. The van der Waals surface area contributed by atoms with E-state index in [1.54, 1.807) is 0 Å². The highest BCUT2D eigenvalue weighted by atomic mass is 15.2. The molecule has 1 aromatic carbocycles. The SMILES string of the molecule is Cc1ccc(C)c(Nc2nc(C)cn2C(C)C)c1. The highest BCUT2D eigenvalue weighted by Gasteiger charge is 2.09. The summed E-state index contributed by atoms with van der Waals surface area (Å²) < 4.78 is 2.16. The molecule has 0 aliphatic carbocycles. The van der Waals surface area contributed by atoms with E-state index in [1.165, 1.54) is 11.1 Å². The molecule has 18 heavy (non-hydrogen) atoms. The summed E-state index contributed by atoms with van der Waals surface area (Å²) in [5.41, 5.74) is 4.65. The first-order valence-corrected chi connectivity index (χ1v) is 6.37. The largest absolute Gasteiger partial charge is 0.325 e. The minimum atomic E-state index is 0.402. The first kappa shape index (κ1) is 12.7. The smallest absolute Gasteiger partial charge is 0.207 e. The van der Waals surface area contributed by atoms with Gasteiger partial charge in [0.15, 0.2) is 0 Å². The van der Waals surface area contributed by atoms with Gasteiger partial charge in [-0.25, -0.2) is 4.98 Å². The van der Waals surface area contributed by atoms with E-state index < -0.39 is 0 Å². The molecule has 0 bridgehead atoms. The van der Waals surface area contributed by atoms with Gasteiger partial charge in [-0.3, -0.25) is 0 Å². The average Bonchev–Trinajstić information content (AvgIpc) is 2.65. The summed E-state index contributed by atoms with van der Waals surface area (Å²) in [6.45, 7) is 10.6. The summed E-state index contributed by atoms with van der Waals surface area (Å²) in [5.74, 6) is 0.913. The molecule has 0 spiro atoms. The second-order valence-corrected chi connectivity index (χ2v) is 5.15. The fourth-order valence-electron chi connectivity index (χ4n) is 1.99. The van der Waals surface area contributed by atoms with Crippen LogP contribution in [-0.4, -0.2) is 9.55 Å². The zero-order valence-electron chi connectivity index (χ0n) is 11.8. The van der Waals surface area contributed by atoms with Crippen LogP contribution >= 0.6 is 0 Å². The molecule has 96 valence electrons. The highest BCUT2D eigenvalue weighted by Crippen LogP contribution is 2.23. The van der Waals surface area contributed by atoms with E-state index in [0.29, 0.717) is 6.04 Å². The molecule has 2 rings (SSSR count). The molecule has 1 N–H and O–H groups in total. The summed E-state index contributed by atoms with van der Waals surface area (Å²) >= 11 is 0. The third-order valence-electron chi connectivity index (χ3n) is 3.05. The van der Waals surface area contributed by atoms with E-state index in [2.05, 4.69) is 67.0 Å². The molecule has 0 aliphatic heterocycles. The fourth-order valence-corrected chi connectivity index (χ4v) is 1.99. The lowest BCUT2D eigenvalue weighted by Gasteiger charge is -2.14. The first-order chi connectivity index (χ1) is 8.47. The van der Waals surface area contributed by atoms with Crippen LogP contribution in [0.1, 0.15) is 36.7 Å². The van der Waals surface area contributed by atoms with E-state index in [1.807, 2.05) is 6.92 Å². The van der Waals surface area contributed by atoms with E-state index in [4.69, 9.17) is 0 Å². The Hall–Kier alpha value is -1.77. The Bertz CT molecular complexity index is 553. The molecule has 0 unspecified atom stereocenters. The molecule has 3 nitrogen and oxygen atoms in total. The Kier molecular flexibility index (Phi) is 3.41. The molecule has 1 heterocycles. The third-order valence-corrected chi connectivity index (χ3v) is 3.05. The van der Waals surface area contributed by atoms with E-state index >= 15 is 0 Å². The van der Waals surface area contributed by atoms with Crippen molar-refractivity contribution in [1.82, 2.24) is 9.55 Å². The van der Waals surface area contributed by atoms with Gasteiger partial charge in [0.2, 0.25) is 5.95 Å². The van der Waals surface area contributed by atoms with Crippen molar-refractivity contribution < 1.29 is 0 Å². The summed E-state index contributed by atoms with van der Waals surface area (Å²) in [5, 5.41) is 3.44. The average molecular weight is 243 g/mol. The van der Waals surface area contributed by atoms with Crippen molar-refractivity contribution in [2.75, 3.05) is 5.32 Å². The molecule has 0 radical (unpaired) electrons. The Balaban J connectivity index is 2.36. The first-order valence-electron chi connectivity index (χ1n) is 6.37. The molecule has 0 aliphatic rings. The van der Waals surface area contributed by atoms with Crippen molar-refractivity contribution in [1.29, 1.82) is 0 Å². The van der Waals surface area contributed by atoms with Gasteiger partial charge >= 0.3 is 0 Å². The van der Waals surface area contributed by atoms with Crippen molar-refractivity contribution in [3.63, 3.8) is 0 Å². The van der Waals surface area contributed by atoms with Crippen LogP contribution in [0.5, 0.6) is 0 Å². The second kappa shape index (κ2) is 4.84. The number of hydrogen-bond acceptors (Lipinski definition) is 2. The molecule has 0 saturated heterocycles. The van der Waals surface area contributed by atoms with Gasteiger partial charge < -0.3 is 9.88 Å². The van der Waals surface area contributed by atoms with Crippen molar-refractivity contribution in [3.05, 3.63) is 41.2 Å². The number of nitrogens with zero attached hydrogens (tertiary/aromatic N) is 2. The van der Waals surface area contributed by atoms with Crippen LogP contribution < -0.4 is 5.32 Å². The van der Waals surface area contributed by atoms with Gasteiger partial charge in [-0.1, -0.05) is 12.1 Å². The molecular weight excluding hydrogens is 222 g/mol. The zero-order valence-corrected chi connectivity index (χ0v) is 11.8. The fraction of sp³-hybridized carbons (Fsp3) is 0.400. The van der Waals surface area contributed by atoms with Gasteiger partial charge in [0.1, 0.15) is 0 Å². The van der Waals surface area contributed by atoms with Crippen LogP contribution in [0, 0.1) is 20.8 Å². The highest BCUT2D eigenvalue weighted by molar-refractivity contribution is 5.59. The summed E-state index contributed by atoms with van der Waals surface area (Å²) in [6, 6.07) is 6.82. The molecule has 3 heteroatoms. The molecule has 2 aromatic rings. The zero-order chi connectivity index (χ0) is 13.3. The second-order valence-electron chi connectivity index (χ2n) is 5.15. The maximum Gasteiger partial charge on any atom is 0.207 e. The Morgan fingerprint density at radius 1 is 1.17 bits per heavy atom. The predicted octanol–water partition coefficient (Wildman–Crippen LogP) is 4.13. The van der Waals surface area contributed by atoms with E-state index in [0.717, 1.165) is 17.3 Å². The standard InChI is InChI=1S/C15H21N3/c1-10(2)18-9-13(5)16-15(18)17-14-8-11(3)6-7-12(14)4/h6-10H,1-5H3,(H,16,17). The number of aromatic nitrogens is 2. The quantitative estimate of drug-likeness (QED) is 0.878. The van der Waals surface area contributed by atoms with Gasteiger partial charge in [-0.2, -0.15) is 0 Å². The van der Waals surface area contributed by atoms with Crippen LogP contribution in [0.4, 0.5) is 11.6 Å². The van der Waals surface area contributed by atoms with Gasteiger partial charge in [-0.05, 0) is 51.8 Å². The summed E-state index contributed by atoms with van der Waals surface area (Å²) in [7, 11) is 0. The van der Waals surface area contributed by atoms with Crippen LogP contribution in [-0.2, 0) is 0 Å². The van der Waals surface area contributed by atoms with Crippen molar-refractivity contribution in [2.45, 2.75) is 40.7 Å². The van der Waals surface area contributed by atoms with Gasteiger partial charge in [-0.15, -0.1) is 0 Å². The predicted molar refractivity (Wildman–Crippen MR) is 76.5 cm³/mol. The molecular formula is C15H21N3. The number of hydrogen-bond donors (Lipinski definition) is 1. The lowest BCUT2D eigenvalue weighted by atomic mass is 10.1. The minimum Gasteiger partial charge on any atom is -0.325 e. The normalized spacial score (nSPS) is 11.0. The Labute approximate surface area is 109 Å². The van der Waals surface area contributed by atoms with Crippen LogP contribution in [0.3, 0.4) is 0 Å². The van der Waals surface area contributed by atoms with Gasteiger partial charge in [0.25, 0.3) is 0 Å². The molecule has 0 fully saturated rings. The van der Waals surface area contributed by atoms with Crippen LogP contribution in [0.15, 0.2) is 24.4 Å². The van der Waals surface area contributed by atoms with Crippen LogP contribution in [0.25, 0.3) is 0 Å². The minimum absolute atomic E-state index is 0.402.